The Morgan fingerprint density at radius 3 is 2.60 bits per heavy atom. The van der Waals surface area contributed by atoms with E-state index in [4.69, 9.17) is 0 Å². The number of nitrogens with one attached hydrogen (secondary N) is 1. The highest BCUT2D eigenvalue weighted by atomic mass is 35.5. The Morgan fingerprint density at radius 2 is 2.30 bits per heavy atom. The molecule has 1 heterocycles. The Balaban J connectivity index is 0.000000810. The lowest BCUT2D eigenvalue weighted by Gasteiger charge is -2.31. The van der Waals surface area contributed by atoms with Gasteiger partial charge in [0.25, 0.3) is 0 Å². The lowest BCUT2D eigenvalue weighted by Crippen LogP contribution is -2.49. The van der Waals surface area contributed by atoms with Crippen molar-refractivity contribution in [1.29, 1.82) is 0 Å². The van der Waals surface area contributed by atoms with E-state index in [0.717, 1.165) is 0 Å². The molecule has 0 aliphatic carbocycles. The van der Waals surface area contributed by atoms with Crippen molar-refractivity contribution in [3.05, 3.63) is 0 Å². The molecule has 1 aliphatic rings. The van der Waals surface area contributed by atoms with Crippen LogP contribution >= 0.6 is 12.4 Å². The molecular formula is C6H13ClFNO. The van der Waals surface area contributed by atoms with Crippen molar-refractivity contribution in [2.24, 2.45) is 0 Å². The molecule has 0 aromatic heterocycles. The molecule has 1 rings (SSSR count). The molecule has 1 fully saturated rings. The zero-order valence-corrected chi connectivity index (χ0v) is 6.75. The van der Waals surface area contributed by atoms with Gasteiger partial charge in [-0.15, -0.1) is 12.4 Å². The van der Waals surface area contributed by atoms with Crippen molar-refractivity contribution in [3.8, 4) is 0 Å². The van der Waals surface area contributed by atoms with Crippen molar-refractivity contribution >= 4 is 12.4 Å². The summed E-state index contributed by atoms with van der Waals surface area (Å²) >= 11 is 0. The maximum Gasteiger partial charge on any atom is 0.141 e. The van der Waals surface area contributed by atoms with Crippen molar-refractivity contribution in [2.45, 2.75) is 25.1 Å². The van der Waals surface area contributed by atoms with E-state index in [1.165, 1.54) is 0 Å². The molecular weight excluding hydrogens is 157 g/mol. The number of aliphatic hydroxyl groups is 1. The molecule has 0 radical (unpaired) electrons. The number of hydrogen-bond acceptors (Lipinski definition) is 2. The van der Waals surface area contributed by atoms with Crippen LogP contribution < -0.4 is 5.32 Å². The Bertz CT molecular complexity index is 110. The van der Waals surface area contributed by atoms with E-state index < -0.39 is 11.8 Å². The van der Waals surface area contributed by atoms with E-state index in [2.05, 4.69) is 5.32 Å². The SMILES string of the molecule is C[C@@]1(O)CCNC[C@H]1F.Cl. The van der Waals surface area contributed by atoms with E-state index >= 15 is 0 Å². The highest BCUT2D eigenvalue weighted by molar-refractivity contribution is 5.85. The van der Waals surface area contributed by atoms with Gasteiger partial charge in [-0.1, -0.05) is 0 Å². The van der Waals surface area contributed by atoms with E-state index in [9.17, 15) is 9.50 Å². The number of piperidine rings is 1. The van der Waals surface area contributed by atoms with E-state index in [1.54, 1.807) is 6.92 Å². The summed E-state index contributed by atoms with van der Waals surface area (Å²) in [7, 11) is 0. The molecule has 2 atom stereocenters. The molecule has 10 heavy (non-hydrogen) atoms. The Morgan fingerprint density at radius 1 is 1.70 bits per heavy atom. The molecule has 0 bridgehead atoms. The average Bonchev–Trinajstić information content (AvgIpc) is 1.77. The maximum absolute atomic E-state index is 12.6. The molecule has 0 amide bonds. The minimum atomic E-state index is -1.11. The van der Waals surface area contributed by atoms with Crippen molar-refractivity contribution in [2.75, 3.05) is 13.1 Å². The quantitative estimate of drug-likeness (QED) is 0.553. The monoisotopic (exact) mass is 169 g/mol. The first-order valence-corrected chi connectivity index (χ1v) is 3.20. The zero-order chi connectivity index (χ0) is 6.91. The van der Waals surface area contributed by atoms with Crippen LogP contribution in [0.25, 0.3) is 0 Å². The maximum atomic E-state index is 12.6. The van der Waals surface area contributed by atoms with Crippen molar-refractivity contribution < 1.29 is 9.50 Å². The smallest absolute Gasteiger partial charge is 0.141 e. The number of hydrogen-bond donors (Lipinski definition) is 2. The highest BCUT2D eigenvalue weighted by Gasteiger charge is 2.34. The van der Waals surface area contributed by atoms with Gasteiger partial charge in [0.15, 0.2) is 0 Å². The van der Waals surface area contributed by atoms with Gasteiger partial charge in [-0.3, -0.25) is 0 Å². The van der Waals surface area contributed by atoms with E-state index in [0.29, 0.717) is 13.0 Å². The van der Waals surface area contributed by atoms with Gasteiger partial charge < -0.3 is 10.4 Å². The predicted molar refractivity (Wildman–Crippen MR) is 40.3 cm³/mol. The summed E-state index contributed by atoms with van der Waals surface area (Å²) in [6.45, 7) is 2.54. The number of halogens is 2. The lowest BCUT2D eigenvalue weighted by atomic mass is 9.93. The van der Waals surface area contributed by atoms with Crippen LogP contribution in [0.15, 0.2) is 0 Å². The lowest BCUT2D eigenvalue weighted by molar-refractivity contribution is -0.0394. The van der Waals surface area contributed by atoms with Gasteiger partial charge in [-0.2, -0.15) is 0 Å². The Kier molecular flexibility index (Phi) is 3.56. The van der Waals surface area contributed by atoms with Gasteiger partial charge in [0, 0.05) is 6.54 Å². The fourth-order valence-electron chi connectivity index (χ4n) is 0.947. The molecule has 1 saturated heterocycles. The van der Waals surface area contributed by atoms with Crippen molar-refractivity contribution in [1.82, 2.24) is 5.32 Å². The summed E-state index contributed by atoms with van der Waals surface area (Å²) in [6, 6.07) is 0. The van der Waals surface area contributed by atoms with Gasteiger partial charge in [-0.25, -0.2) is 4.39 Å². The third kappa shape index (κ3) is 2.08. The molecule has 0 saturated carbocycles. The van der Waals surface area contributed by atoms with Crippen LogP contribution in [0.1, 0.15) is 13.3 Å². The van der Waals surface area contributed by atoms with E-state index in [1.807, 2.05) is 0 Å². The molecule has 4 heteroatoms. The van der Waals surface area contributed by atoms with Crippen molar-refractivity contribution in [3.63, 3.8) is 0 Å². The Hall–Kier alpha value is 0.140. The largest absolute Gasteiger partial charge is 0.387 e. The molecule has 2 nitrogen and oxygen atoms in total. The fraction of sp³-hybridized carbons (Fsp3) is 1.00. The van der Waals surface area contributed by atoms with Crippen LogP contribution in [-0.2, 0) is 0 Å². The second kappa shape index (κ2) is 3.51. The first kappa shape index (κ1) is 10.1. The zero-order valence-electron chi connectivity index (χ0n) is 5.93. The van der Waals surface area contributed by atoms with Gasteiger partial charge in [0.2, 0.25) is 0 Å². The van der Waals surface area contributed by atoms with Crippen LogP contribution in [0.2, 0.25) is 0 Å². The fourth-order valence-corrected chi connectivity index (χ4v) is 0.947. The van der Waals surface area contributed by atoms with Gasteiger partial charge in [0.1, 0.15) is 6.17 Å². The van der Waals surface area contributed by atoms with Gasteiger partial charge >= 0.3 is 0 Å². The normalized spacial score (nSPS) is 40.5. The molecule has 0 spiro atoms. The Labute approximate surface area is 66.2 Å². The standard InChI is InChI=1S/C6H12FNO.ClH/c1-6(9)2-3-8-4-5(6)7;/h5,8-9H,2-4H2,1H3;1H/t5-,6-;/m1./s1. The summed E-state index contributed by atoms with van der Waals surface area (Å²) in [5.74, 6) is 0. The summed E-state index contributed by atoms with van der Waals surface area (Å²) in [5.41, 5.74) is -1.09. The third-order valence-electron chi connectivity index (χ3n) is 1.81. The molecule has 0 aromatic carbocycles. The highest BCUT2D eigenvalue weighted by Crippen LogP contribution is 2.19. The first-order chi connectivity index (χ1) is 4.13. The predicted octanol–water partition coefficient (Wildman–Crippen LogP) is 0.491. The third-order valence-corrected chi connectivity index (χ3v) is 1.81. The minimum absolute atomic E-state index is 0. The van der Waals surface area contributed by atoms with Gasteiger partial charge in [-0.05, 0) is 19.9 Å². The topological polar surface area (TPSA) is 32.3 Å². The first-order valence-electron chi connectivity index (χ1n) is 3.20. The van der Waals surface area contributed by atoms with Crippen LogP contribution in [0, 0.1) is 0 Å². The molecule has 0 aromatic rings. The van der Waals surface area contributed by atoms with Crippen LogP contribution in [-0.4, -0.2) is 30.0 Å². The van der Waals surface area contributed by atoms with E-state index in [-0.39, 0.29) is 19.0 Å². The molecule has 1 aliphatic heterocycles. The molecule has 2 N–H and O–H groups in total. The summed E-state index contributed by atoms with van der Waals surface area (Å²) < 4.78 is 12.6. The summed E-state index contributed by atoms with van der Waals surface area (Å²) in [6.07, 6.45) is -0.597. The van der Waals surface area contributed by atoms with Crippen LogP contribution in [0.3, 0.4) is 0 Å². The van der Waals surface area contributed by atoms with Gasteiger partial charge in [0.05, 0.1) is 5.60 Å². The second-order valence-electron chi connectivity index (χ2n) is 2.78. The van der Waals surface area contributed by atoms with Crippen LogP contribution in [0.4, 0.5) is 4.39 Å². The molecule has 0 unspecified atom stereocenters. The van der Waals surface area contributed by atoms with Crippen LogP contribution in [0.5, 0.6) is 0 Å². The molecule has 62 valence electrons. The summed E-state index contributed by atoms with van der Waals surface area (Å²) in [4.78, 5) is 0. The number of alkyl halides is 1. The average molecular weight is 170 g/mol. The summed E-state index contributed by atoms with van der Waals surface area (Å²) in [5, 5.41) is 12.1. The minimum Gasteiger partial charge on any atom is -0.387 e. The number of rotatable bonds is 0. The second-order valence-corrected chi connectivity index (χ2v) is 2.78.